The number of nitrogens with zero attached hydrogens (tertiary/aromatic N) is 1. The van der Waals surface area contributed by atoms with Crippen molar-refractivity contribution >= 4 is 10.3 Å². The van der Waals surface area contributed by atoms with E-state index in [4.69, 9.17) is 4.55 Å². The summed E-state index contributed by atoms with van der Waals surface area (Å²) >= 11 is 0. The van der Waals surface area contributed by atoms with Gasteiger partial charge in [0.25, 0.3) is 0 Å². The zero-order chi connectivity index (χ0) is 8.48. The molecule has 1 N–H and O–H groups in total. The minimum absolute atomic E-state index is 0.231. The summed E-state index contributed by atoms with van der Waals surface area (Å²) in [7, 11) is -4.04. The number of hydrogen-bond donors (Lipinski definition) is 1. The van der Waals surface area contributed by atoms with E-state index in [1.807, 2.05) is 6.92 Å². The summed E-state index contributed by atoms with van der Waals surface area (Å²) in [5.74, 6) is 0. The lowest BCUT2D eigenvalue weighted by Crippen LogP contribution is -2.23. The van der Waals surface area contributed by atoms with Crippen molar-refractivity contribution in [2.75, 3.05) is 6.54 Å². The normalized spacial score (nSPS) is 21.6. The summed E-state index contributed by atoms with van der Waals surface area (Å²) < 4.78 is 30.4. The molecule has 0 atom stereocenters. The first-order valence-electron chi connectivity index (χ1n) is 3.11. The van der Waals surface area contributed by atoms with Crippen LogP contribution in [0.4, 0.5) is 0 Å². The van der Waals surface area contributed by atoms with Crippen LogP contribution in [0.15, 0.2) is 23.9 Å². The molecule has 1 aliphatic heterocycles. The lowest BCUT2D eigenvalue weighted by atomic mass is 10.3. The molecule has 0 aromatic rings. The van der Waals surface area contributed by atoms with Crippen LogP contribution in [0.25, 0.3) is 0 Å². The zero-order valence-electron chi connectivity index (χ0n) is 6.06. The molecular formula is C6H9NO3S. The lowest BCUT2D eigenvalue weighted by Gasteiger charge is -2.09. The molecule has 0 radical (unpaired) electrons. The van der Waals surface area contributed by atoms with Crippen molar-refractivity contribution in [2.24, 2.45) is 0 Å². The Bertz CT molecular complexity index is 302. The quantitative estimate of drug-likeness (QED) is 0.592. The highest BCUT2D eigenvalue weighted by atomic mass is 32.2. The summed E-state index contributed by atoms with van der Waals surface area (Å²) in [6.07, 6.45) is 4.78. The van der Waals surface area contributed by atoms with Gasteiger partial charge >= 0.3 is 10.3 Å². The fraction of sp³-hybridized carbons (Fsp3) is 0.333. The Labute approximate surface area is 65.7 Å². The van der Waals surface area contributed by atoms with E-state index >= 15 is 0 Å². The van der Waals surface area contributed by atoms with Crippen LogP contribution in [0.1, 0.15) is 6.92 Å². The molecule has 62 valence electrons. The molecule has 0 bridgehead atoms. The number of rotatable bonds is 1. The van der Waals surface area contributed by atoms with E-state index < -0.39 is 10.3 Å². The molecule has 0 aromatic carbocycles. The second-order valence-electron chi connectivity index (χ2n) is 2.20. The van der Waals surface area contributed by atoms with E-state index in [9.17, 15) is 8.42 Å². The van der Waals surface area contributed by atoms with Gasteiger partial charge in [-0.25, -0.2) is 0 Å². The van der Waals surface area contributed by atoms with Gasteiger partial charge in [0, 0.05) is 6.20 Å². The van der Waals surface area contributed by atoms with Gasteiger partial charge in [0.15, 0.2) is 0 Å². The minimum Gasteiger partial charge on any atom is -0.269 e. The minimum atomic E-state index is -4.04. The summed E-state index contributed by atoms with van der Waals surface area (Å²) in [6.45, 7) is 2.04. The van der Waals surface area contributed by atoms with E-state index in [2.05, 4.69) is 0 Å². The van der Waals surface area contributed by atoms with Crippen molar-refractivity contribution in [3.63, 3.8) is 0 Å². The summed E-state index contributed by atoms with van der Waals surface area (Å²) in [5, 5.41) is 0. The fourth-order valence-corrected chi connectivity index (χ4v) is 1.34. The Kier molecular flexibility index (Phi) is 2.01. The van der Waals surface area contributed by atoms with Crippen LogP contribution >= 0.6 is 0 Å². The molecule has 0 aromatic heterocycles. The lowest BCUT2D eigenvalue weighted by molar-refractivity contribution is 0.421. The maximum Gasteiger partial charge on any atom is 0.359 e. The molecule has 11 heavy (non-hydrogen) atoms. The van der Waals surface area contributed by atoms with E-state index in [-0.39, 0.29) is 6.54 Å². The SMILES string of the molecule is CC=C1C=CN(S(=O)(=O)O)C1. The van der Waals surface area contributed by atoms with Gasteiger partial charge in [-0.15, -0.1) is 0 Å². The molecule has 4 nitrogen and oxygen atoms in total. The summed E-state index contributed by atoms with van der Waals surface area (Å²) in [4.78, 5) is 0. The largest absolute Gasteiger partial charge is 0.359 e. The molecule has 5 heteroatoms. The van der Waals surface area contributed by atoms with Gasteiger partial charge in [0.2, 0.25) is 0 Å². The van der Waals surface area contributed by atoms with Gasteiger partial charge in [0.1, 0.15) is 0 Å². The van der Waals surface area contributed by atoms with Gasteiger partial charge in [-0.05, 0) is 18.6 Å². The van der Waals surface area contributed by atoms with Crippen LogP contribution in [0, 0.1) is 0 Å². The third-order valence-corrected chi connectivity index (χ3v) is 2.30. The Hall–Kier alpha value is -0.810. The first-order chi connectivity index (χ1) is 5.04. The summed E-state index contributed by atoms with van der Waals surface area (Å²) in [5.41, 5.74) is 0.877. The Morgan fingerprint density at radius 3 is 2.64 bits per heavy atom. The predicted octanol–water partition coefficient (Wildman–Crippen LogP) is 0.565. The van der Waals surface area contributed by atoms with Crippen LogP contribution in [0.3, 0.4) is 0 Å². The standard InChI is InChI=1S/C6H9NO3S/c1-2-6-3-4-7(5-6)11(8,9)10/h2-4H,5H2,1H3,(H,8,9,10). The molecule has 1 rings (SSSR count). The molecule has 0 saturated heterocycles. The monoisotopic (exact) mass is 175 g/mol. The highest BCUT2D eigenvalue weighted by Gasteiger charge is 2.18. The molecule has 0 spiro atoms. The van der Waals surface area contributed by atoms with Crippen molar-refractivity contribution in [2.45, 2.75) is 6.92 Å². The van der Waals surface area contributed by atoms with Gasteiger partial charge in [-0.2, -0.15) is 8.42 Å². The van der Waals surface area contributed by atoms with Crippen LogP contribution in [0.5, 0.6) is 0 Å². The topological polar surface area (TPSA) is 57.6 Å². The van der Waals surface area contributed by atoms with E-state index in [1.165, 1.54) is 6.20 Å². The molecular weight excluding hydrogens is 166 g/mol. The molecule has 0 fully saturated rings. The zero-order valence-corrected chi connectivity index (χ0v) is 6.87. The first-order valence-corrected chi connectivity index (χ1v) is 4.51. The Morgan fingerprint density at radius 1 is 1.73 bits per heavy atom. The van der Waals surface area contributed by atoms with Gasteiger partial charge in [0.05, 0.1) is 6.54 Å². The van der Waals surface area contributed by atoms with Crippen LogP contribution < -0.4 is 0 Å². The molecule has 1 heterocycles. The van der Waals surface area contributed by atoms with Gasteiger partial charge < -0.3 is 0 Å². The van der Waals surface area contributed by atoms with Crippen LogP contribution in [0.2, 0.25) is 0 Å². The van der Waals surface area contributed by atoms with E-state index in [0.29, 0.717) is 0 Å². The van der Waals surface area contributed by atoms with Crippen LogP contribution in [-0.2, 0) is 10.3 Å². The average molecular weight is 175 g/mol. The molecule has 0 unspecified atom stereocenters. The van der Waals surface area contributed by atoms with Crippen molar-refractivity contribution < 1.29 is 13.0 Å². The first kappa shape index (κ1) is 8.29. The van der Waals surface area contributed by atoms with E-state index in [1.54, 1.807) is 12.2 Å². The smallest absolute Gasteiger partial charge is 0.269 e. The van der Waals surface area contributed by atoms with Crippen LogP contribution in [-0.4, -0.2) is 23.8 Å². The third kappa shape index (κ3) is 1.81. The second-order valence-corrected chi connectivity index (χ2v) is 3.57. The van der Waals surface area contributed by atoms with Crippen molar-refractivity contribution in [3.05, 3.63) is 23.9 Å². The number of allylic oxidation sites excluding steroid dienone is 1. The van der Waals surface area contributed by atoms with Gasteiger partial charge in [-0.3, -0.25) is 8.86 Å². The maximum absolute atomic E-state index is 10.5. The Balaban J connectivity index is 2.81. The molecule has 0 aliphatic carbocycles. The van der Waals surface area contributed by atoms with E-state index in [0.717, 1.165) is 9.88 Å². The van der Waals surface area contributed by atoms with Gasteiger partial charge in [-0.1, -0.05) is 6.08 Å². The molecule has 1 aliphatic rings. The number of hydrogen-bond acceptors (Lipinski definition) is 2. The van der Waals surface area contributed by atoms with Crippen molar-refractivity contribution in [1.82, 2.24) is 4.31 Å². The van der Waals surface area contributed by atoms with Crippen molar-refractivity contribution in [1.29, 1.82) is 0 Å². The molecule has 0 saturated carbocycles. The maximum atomic E-state index is 10.5. The highest BCUT2D eigenvalue weighted by molar-refractivity contribution is 7.83. The third-order valence-electron chi connectivity index (χ3n) is 1.46. The average Bonchev–Trinajstić information content (AvgIpc) is 2.32. The molecule has 0 amide bonds. The predicted molar refractivity (Wildman–Crippen MR) is 41.2 cm³/mol. The highest BCUT2D eigenvalue weighted by Crippen LogP contribution is 2.13. The van der Waals surface area contributed by atoms with Crippen molar-refractivity contribution in [3.8, 4) is 0 Å². The Morgan fingerprint density at radius 2 is 2.36 bits per heavy atom. The summed E-state index contributed by atoms with van der Waals surface area (Å²) in [6, 6.07) is 0. The second kappa shape index (κ2) is 2.67. The fourth-order valence-electron chi connectivity index (χ4n) is 0.810.